The second-order valence-corrected chi connectivity index (χ2v) is 9.85. The zero-order chi connectivity index (χ0) is 21.4. The van der Waals surface area contributed by atoms with Gasteiger partial charge < -0.3 is 0 Å². The molecule has 162 valence electrons. The Balaban J connectivity index is 1.59. The SMILES string of the molecule is CCc1ccc(N2C(=O)CCSC23C(=O)N(CN2CCCCC2)c2ccccc23)cc1. The van der Waals surface area contributed by atoms with Gasteiger partial charge in [0.05, 0.1) is 12.4 Å². The summed E-state index contributed by atoms with van der Waals surface area (Å²) in [6, 6.07) is 16.1. The van der Waals surface area contributed by atoms with E-state index in [1.54, 1.807) is 16.7 Å². The summed E-state index contributed by atoms with van der Waals surface area (Å²) in [5, 5.41) is 0. The molecule has 2 amide bonds. The van der Waals surface area contributed by atoms with E-state index in [0.717, 1.165) is 36.4 Å². The number of rotatable bonds is 4. The molecule has 5 nitrogen and oxygen atoms in total. The average Bonchev–Trinajstić information content (AvgIpc) is 3.03. The van der Waals surface area contributed by atoms with Gasteiger partial charge in [-0.3, -0.25) is 24.3 Å². The minimum atomic E-state index is -1.02. The molecule has 2 saturated heterocycles. The molecule has 6 heteroatoms. The molecule has 31 heavy (non-hydrogen) atoms. The van der Waals surface area contributed by atoms with Crippen LogP contribution in [0.3, 0.4) is 0 Å². The second-order valence-electron chi connectivity index (χ2n) is 8.56. The molecule has 2 aromatic carbocycles. The van der Waals surface area contributed by atoms with Gasteiger partial charge in [-0.05, 0) is 56.1 Å². The number of thioether (sulfide) groups is 1. The summed E-state index contributed by atoms with van der Waals surface area (Å²) in [4.78, 5) is 32.5. The number of anilines is 2. The quantitative estimate of drug-likeness (QED) is 0.716. The van der Waals surface area contributed by atoms with E-state index in [4.69, 9.17) is 0 Å². The number of amides is 2. The van der Waals surface area contributed by atoms with Crippen molar-refractivity contribution in [3.8, 4) is 0 Å². The van der Waals surface area contributed by atoms with E-state index in [1.165, 1.54) is 24.8 Å². The molecule has 0 radical (unpaired) electrons. The largest absolute Gasteiger partial charge is 0.295 e. The highest BCUT2D eigenvalue weighted by Crippen LogP contribution is 2.54. The normalized spacial score (nSPS) is 24.2. The number of fused-ring (bicyclic) bond motifs is 2. The fraction of sp³-hybridized carbons (Fsp3) is 0.440. The van der Waals surface area contributed by atoms with Crippen LogP contribution in [0, 0.1) is 0 Å². The first-order valence-electron chi connectivity index (χ1n) is 11.3. The summed E-state index contributed by atoms with van der Waals surface area (Å²) >= 11 is 1.60. The minimum Gasteiger partial charge on any atom is -0.295 e. The van der Waals surface area contributed by atoms with Gasteiger partial charge >= 0.3 is 0 Å². The molecule has 3 heterocycles. The lowest BCUT2D eigenvalue weighted by molar-refractivity contribution is -0.126. The number of hydrogen-bond donors (Lipinski definition) is 0. The number of carbonyl (C=O) groups excluding carboxylic acids is 2. The maximum atomic E-state index is 14.1. The van der Waals surface area contributed by atoms with Crippen LogP contribution in [0.2, 0.25) is 0 Å². The van der Waals surface area contributed by atoms with Crippen molar-refractivity contribution >= 4 is 35.0 Å². The Morgan fingerprint density at radius 2 is 1.71 bits per heavy atom. The summed E-state index contributed by atoms with van der Waals surface area (Å²) in [5.74, 6) is 0.683. The Labute approximate surface area is 188 Å². The standard InChI is InChI=1S/C25H29N3O2S/c1-2-19-10-12-20(13-11-19)28-23(29)14-17-31-25(28)21-8-4-5-9-22(21)27(24(25)30)18-26-15-6-3-7-16-26/h4-5,8-13H,2-3,6-7,14-18H2,1H3. The van der Waals surface area contributed by atoms with E-state index in [2.05, 4.69) is 24.0 Å². The number of likely N-dealkylation sites (tertiary alicyclic amines) is 1. The molecule has 0 aromatic heterocycles. The van der Waals surface area contributed by atoms with Crippen molar-refractivity contribution in [3.05, 3.63) is 59.7 Å². The molecular formula is C25H29N3O2S. The van der Waals surface area contributed by atoms with Crippen molar-refractivity contribution in [2.24, 2.45) is 0 Å². The molecule has 1 unspecified atom stereocenters. The molecule has 0 saturated carbocycles. The maximum Gasteiger partial charge on any atom is 0.269 e. The van der Waals surface area contributed by atoms with Crippen molar-refractivity contribution < 1.29 is 9.59 Å². The van der Waals surface area contributed by atoms with Crippen LogP contribution in [0.1, 0.15) is 43.7 Å². The monoisotopic (exact) mass is 435 g/mol. The summed E-state index contributed by atoms with van der Waals surface area (Å²) in [5.41, 5.74) is 3.90. The van der Waals surface area contributed by atoms with Gasteiger partial charge in [0.1, 0.15) is 0 Å². The van der Waals surface area contributed by atoms with Crippen LogP contribution in [0.15, 0.2) is 48.5 Å². The number of benzene rings is 2. The van der Waals surface area contributed by atoms with Gasteiger partial charge in [-0.25, -0.2) is 0 Å². The molecule has 1 spiro atoms. The second kappa shape index (κ2) is 8.32. The Bertz CT molecular complexity index is 987. The number of nitrogens with zero attached hydrogens (tertiary/aromatic N) is 3. The highest BCUT2D eigenvalue weighted by atomic mass is 32.2. The van der Waals surface area contributed by atoms with Crippen molar-refractivity contribution in [3.63, 3.8) is 0 Å². The third-order valence-corrected chi connectivity index (χ3v) is 8.08. The van der Waals surface area contributed by atoms with Crippen LogP contribution in [0.25, 0.3) is 0 Å². The molecule has 0 N–H and O–H groups in total. The summed E-state index contributed by atoms with van der Waals surface area (Å²) in [7, 11) is 0. The van der Waals surface area contributed by atoms with E-state index < -0.39 is 4.87 Å². The zero-order valence-corrected chi connectivity index (χ0v) is 18.9. The van der Waals surface area contributed by atoms with Crippen molar-refractivity contribution in [1.29, 1.82) is 0 Å². The highest BCUT2D eigenvalue weighted by molar-refractivity contribution is 8.01. The lowest BCUT2D eigenvalue weighted by Crippen LogP contribution is -2.57. The van der Waals surface area contributed by atoms with Crippen molar-refractivity contribution in [1.82, 2.24) is 4.90 Å². The zero-order valence-electron chi connectivity index (χ0n) is 18.0. The first-order valence-corrected chi connectivity index (χ1v) is 12.3. The molecule has 3 aliphatic heterocycles. The van der Waals surface area contributed by atoms with Crippen LogP contribution in [0.5, 0.6) is 0 Å². The lowest BCUT2D eigenvalue weighted by atomic mass is 10.0. The van der Waals surface area contributed by atoms with Gasteiger partial charge in [0.25, 0.3) is 5.91 Å². The first-order chi connectivity index (χ1) is 15.1. The van der Waals surface area contributed by atoms with Gasteiger partial charge in [-0.1, -0.05) is 43.7 Å². The van der Waals surface area contributed by atoms with E-state index in [1.807, 2.05) is 41.3 Å². The first kappa shape index (κ1) is 20.6. The van der Waals surface area contributed by atoms with Gasteiger partial charge in [0, 0.05) is 23.4 Å². The average molecular weight is 436 g/mol. The van der Waals surface area contributed by atoms with E-state index in [9.17, 15) is 9.59 Å². The summed E-state index contributed by atoms with van der Waals surface area (Å²) in [6.45, 7) is 4.75. The molecule has 2 aromatic rings. The topological polar surface area (TPSA) is 43.9 Å². The van der Waals surface area contributed by atoms with E-state index >= 15 is 0 Å². The molecule has 0 bridgehead atoms. The summed E-state index contributed by atoms with van der Waals surface area (Å²) in [6.07, 6.45) is 5.01. The number of para-hydroxylation sites is 1. The molecule has 5 rings (SSSR count). The van der Waals surface area contributed by atoms with Crippen LogP contribution in [-0.4, -0.2) is 42.2 Å². The summed E-state index contributed by atoms with van der Waals surface area (Å²) < 4.78 is 0. The molecule has 3 aliphatic rings. The van der Waals surface area contributed by atoms with Crippen LogP contribution in [0.4, 0.5) is 11.4 Å². The molecule has 0 aliphatic carbocycles. The van der Waals surface area contributed by atoms with Gasteiger partial charge in [-0.2, -0.15) is 0 Å². The number of carbonyl (C=O) groups is 2. The Morgan fingerprint density at radius 1 is 0.968 bits per heavy atom. The third-order valence-electron chi connectivity index (χ3n) is 6.68. The van der Waals surface area contributed by atoms with Gasteiger partial charge in [-0.15, -0.1) is 11.8 Å². The smallest absolute Gasteiger partial charge is 0.269 e. The molecule has 2 fully saturated rings. The highest BCUT2D eigenvalue weighted by Gasteiger charge is 2.59. The van der Waals surface area contributed by atoms with E-state index in [-0.39, 0.29) is 11.8 Å². The molecular weight excluding hydrogens is 406 g/mol. The fourth-order valence-corrected chi connectivity index (χ4v) is 6.51. The van der Waals surface area contributed by atoms with E-state index in [0.29, 0.717) is 18.8 Å². The lowest BCUT2D eigenvalue weighted by Gasteiger charge is -2.43. The Kier molecular flexibility index (Phi) is 5.52. The van der Waals surface area contributed by atoms with Gasteiger partial charge in [0.2, 0.25) is 10.8 Å². The fourth-order valence-electron chi connectivity index (χ4n) is 5.04. The van der Waals surface area contributed by atoms with Gasteiger partial charge in [0.15, 0.2) is 0 Å². The predicted molar refractivity (Wildman–Crippen MR) is 126 cm³/mol. The van der Waals surface area contributed by atoms with Crippen LogP contribution >= 0.6 is 11.8 Å². The number of aryl methyl sites for hydroxylation is 1. The third kappa shape index (κ3) is 3.37. The number of piperidine rings is 1. The predicted octanol–water partition coefficient (Wildman–Crippen LogP) is 4.36. The molecule has 1 atom stereocenters. The van der Waals surface area contributed by atoms with Crippen LogP contribution in [-0.2, 0) is 20.9 Å². The maximum absolute atomic E-state index is 14.1. The van der Waals surface area contributed by atoms with Crippen LogP contribution < -0.4 is 9.80 Å². The Morgan fingerprint density at radius 3 is 2.45 bits per heavy atom. The number of hydrogen-bond acceptors (Lipinski definition) is 4. The van der Waals surface area contributed by atoms with Crippen molar-refractivity contribution in [2.45, 2.75) is 43.9 Å². The Hall–Kier alpha value is -2.31. The minimum absolute atomic E-state index is 0.0110. The van der Waals surface area contributed by atoms with Crippen molar-refractivity contribution in [2.75, 3.05) is 35.3 Å².